The quantitative estimate of drug-likeness (QED) is 0.176. The topological polar surface area (TPSA) is 60.5 Å². The summed E-state index contributed by atoms with van der Waals surface area (Å²) in [4.78, 5) is 17.0. The third kappa shape index (κ3) is 6.77. The number of halogens is 1. The molecule has 0 radical (unpaired) electrons. The molecule has 3 rings (SSSR count). The lowest BCUT2D eigenvalue weighted by Gasteiger charge is -2.14. The number of nitrogens with one attached hydrogen (secondary N) is 1. The van der Waals surface area contributed by atoms with E-state index < -0.39 is 0 Å². The number of rotatable bonds is 9. The molecule has 0 unspecified atom stereocenters. The molecule has 3 aromatic rings. The fraction of sp³-hybridized carbons (Fsp3) is 0.167. The van der Waals surface area contributed by atoms with Gasteiger partial charge in [-0.15, -0.1) is 11.8 Å². The molecule has 0 aliphatic carbocycles. The maximum atomic E-state index is 11.8. The molecule has 5 nitrogen and oxygen atoms in total. The summed E-state index contributed by atoms with van der Waals surface area (Å²) >= 11 is 7.78. The third-order valence-corrected chi connectivity index (χ3v) is 5.55. The molecule has 7 heteroatoms. The van der Waals surface area contributed by atoms with Crippen molar-refractivity contribution in [3.8, 4) is 5.75 Å². The van der Waals surface area contributed by atoms with Crippen LogP contribution in [0.25, 0.3) is 6.08 Å². The van der Waals surface area contributed by atoms with Crippen molar-refractivity contribution in [3.05, 3.63) is 83.2 Å². The number of anilines is 2. The second-order valence-corrected chi connectivity index (χ2v) is 7.88. The zero-order valence-electron chi connectivity index (χ0n) is 17.3. The van der Waals surface area contributed by atoms with Gasteiger partial charge >= 0.3 is 5.97 Å². The number of hydrogen-bond donors (Lipinski definition) is 1. The van der Waals surface area contributed by atoms with Gasteiger partial charge in [-0.2, -0.15) is 0 Å². The number of benzene rings is 2. The van der Waals surface area contributed by atoms with Crippen molar-refractivity contribution < 1.29 is 14.3 Å². The Bertz CT molecular complexity index is 1060. The van der Waals surface area contributed by atoms with E-state index in [1.54, 1.807) is 44.1 Å². The standard InChI is InChI=1S/C24H23ClN2O3S/c1-3-30-24(28)12-9-18-13-19(31-16-17-7-5-4-6-8-17)10-11-20(18)27-21-14-23(25)26-15-22(21)29-2/h4-15H,3,16H2,1-2H3,(H,26,27). The van der Waals surface area contributed by atoms with E-state index in [9.17, 15) is 4.79 Å². The highest BCUT2D eigenvalue weighted by Gasteiger charge is 2.09. The summed E-state index contributed by atoms with van der Waals surface area (Å²) in [5, 5.41) is 3.68. The Morgan fingerprint density at radius 3 is 2.71 bits per heavy atom. The normalized spacial score (nSPS) is 10.8. The molecule has 31 heavy (non-hydrogen) atoms. The van der Waals surface area contributed by atoms with E-state index in [-0.39, 0.29) is 5.97 Å². The first-order chi connectivity index (χ1) is 15.1. The summed E-state index contributed by atoms with van der Waals surface area (Å²) < 4.78 is 10.4. The molecule has 0 fully saturated rings. The Morgan fingerprint density at radius 2 is 1.97 bits per heavy atom. The molecule has 0 saturated carbocycles. The predicted octanol–water partition coefficient (Wildman–Crippen LogP) is 6.36. The average molecular weight is 455 g/mol. The van der Waals surface area contributed by atoms with Crippen molar-refractivity contribution in [1.29, 1.82) is 0 Å². The molecule has 0 spiro atoms. The van der Waals surface area contributed by atoms with Gasteiger partial charge in [0, 0.05) is 28.5 Å². The van der Waals surface area contributed by atoms with E-state index in [1.807, 2.05) is 36.4 Å². The summed E-state index contributed by atoms with van der Waals surface area (Å²) in [6.07, 6.45) is 4.72. The number of pyridine rings is 1. The third-order valence-electron chi connectivity index (χ3n) is 4.28. The minimum atomic E-state index is -0.389. The number of esters is 1. The molecule has 1 heterocycles. The second kappa shape index (κ2) is 11.4. The first-order valence-corrected chi connectivity index (χ1v) is 11.1. The number of methoxy groups -OCH3 is 1. The van der Waals surface area contributed by atoms with Crippen molar-refractivity contribution in [2.24, 2.45) is 0 Å². The van der Waals surface area contributed by atoms with Crippen molar-refractivity contribution >= 4 is 46.8 Å². The van der Waals surface area contributed by atoms with Gasteiger partial charge in [0.1, 0.15) is 5.15 Å². The smallest absolute Gasteiger partial charge is 0.330 e. The van der Waals surface area contributed by atoms with E-state index in [0.717, 1.165) is 21.9 Å². The van der Waals surface area contributed by atoms with Gasteiger partial charge in [-0.25, -0.2) is 9.78 Å². The van der Waals surface area contributed by atoms with Crippen molar-refractivity contribution in [1.82, 2.24) is 4.98 Å². The molecule has 0 saturated heterocycles. The van der Waals surface area contributed by atoms with E-state index in [0.29, 0.717) is 23.2 Å². The summed E-state index contributed by atoms with van der Waals surface area (Å²) in [5.74, 6) is 1.02. The Hall–Kier alpha value is -2.96. The van der Waals surface area contributed by atoms with Crippen LogP contribution in [-0.4, -0.2) is 24.7 Å². The summed E-state index contributed by atoms with van der Waals surface area (Å²) in [7, 11) is 1.57. The number of aromatic nitrogens is 1. The molecule has 160 valence electrons. The molecule has 1 N–H and O–H groups in total. The highest BCUT2D eigenvalue weighted by Crippen LogP contribution is 2.33. The molecule has 0 atom stereocenters. The van der Waals surface area contributed by atoms with E-state index in [4.69, 9.17) is 21.1 Å². The van der Waals surface area contributed by atoms with Gasteiger partial charge in [-0.1, -0.05) is 41.9 Å². The lowest BCUT2D eigenvalue weighted by molar-refractivity contribution is -0.137. The van der Waals surface area contributed by atoms with Gasteiger partial charge in [-0.3, -0.25) is 0 Å². The number of carbonyl (C=O) groups excluding carboxylic acids is 1. The minimum absolute atomic E-state index is 0.327. The van der Waals surface area contributed by atoms with Crippen LogP contribution in [0, 0.1) is 0 Å². The first-order valence-electron chi connectivity index (χ1n) is 9.71. The van der Waals surface area contributed by atoms with Crippen LogP contribution in [-0.2, 0) is 15.3 Å². The molecule has 0 amide bonds. The van der Waals surface area contributed by atoms with Crippen molar-refractivity contribution in [2.45, 2.75) is 17.6 Å². The van der Waals surface area contributed by atoms with Gasteiger partial charge in [0.05, 0.1) is 25.6 Å². The van der Waals surface area contributed by atoms with Crippen LogP contribution in [0.3, 0.4) is 0 Å². The fourth-order valence-corrected chi connectivity index (χ4v) is 3.85. The Morgan fingerprint density at radius 1 is 1.16 bits per heavy atom. The van der Waals surface area contributed by atoms with Crippen molar-refractivity contribution in [3.63, 3.8) is 0 Å². The number of nitrogens with zero attached hydrogens (tertiary/aromatic N) is 1. The zero-order chi connectivity index (χ0) is 22.1. The van der Waals surface area contributed by atoms with Crippen LogP contribution in [0.5, 0.6) is 5.75 Å². The van der Waals surface area contributed by atoms with Gasteiger partial charge < -0.3 is 14.8 Å². The predicted molar refractivity (Wildman–Crippen MR) is 127 cm³/mol. The molecule has 1 aromatic heterocycles. The van der Waals surface area contributed by atoms with Gasteiger partial charge in [0.25, 0.3) is 0 Å². The maximum absolute atomic E-state index is 11.8. The SMILES string of the molecule is CCOC(=O)C=Cc1cc(SCc2ccccc2)ccc1Nc1cc(Cl)ncc1OC. The number of carbonyl (C=O) groups is 1. The van der Waals surface area contributed by atoms with Gasteiger partial charge in [-0.05, 0) is 42.3 Å². The molecule has 2 aromatic carbocycles. The highest BCUT2D eigenvalue weighted by atomic mass is 35.5. The number of ether oxygens (including phenoxy) is 2. The van der Waals surface area contributed by atoms with Crippen LogP contribution in [0.15, 0.2) is 71.8 Å². The summed E-state index contributed by atoms with van der Waals surface area (Å²) in [5.41, 5.74) is 3.55. The number of hydrogen-bond acceptors (Lipinski definition) is 6. The average Bonchev–Trinajstić information content (AvgIpc) is 2.78. The summed E-state index contributed by atoms with van der Waals surface area (Å²) in [6, 6.07) is 18.0. The van der Waals surface area contributed by atoms with Crippen LogP contribution >= 0.6 is 23.4 Å². The Balaban J connectivity index is 1.88. The maximum Gasteiger partial charge on any atom is 0.330 e. The fourth-order valence-electron chi connectivity index (χ4n) is 2.79. The molecule has 0 aliphatic heterocycles. The second-order valence-electron chi connectivity index (χ2n) is 6.44. The Kier molecular flexibility index (Phi) is 8.38. The highest BCUT2D eigenvalue weighted by molar-refractivity contribution is 7.98. The van der Waals surface area contributed by atoms with Crippen molar-refractivity contribution in [2.75, 3.05) is 19.0 Å². The van der Waals surface area contributed by atoms with Crippen LogP contribution in [0.1, 0.15) is 18.1 Å². The molecular weight excluding hydrogens is 432 g/mol. The monoisotopic (exact) mass is 454 g/mol. The van der Waals surface area contributed by atoms with Gasteiger partial charge in [0.2, 0.25) is 0 Å². The lowest BCUT2D eigenvalue weighted by Crippen LogP contribution is -2.00. The molecule has 0 aliphatic rings. The van der Waals surface area contributed by atoms with Crippen LogP contribution in [0.2, 0.25) is 5.15 Å². The van der Waals surface area contributed by atoms with E-state index >= 15 is 0 Å². The largest absolute Gasteiger partial charge is 0.493 e. The number of thioether (sulfide) groups is 1. The lowest BCUT2D eigenvalue weighted by atomic mass is 10.1. The van der Waals surface area contributed by atoms with E-state index in [2.05, 4.69) is 22.4 Å². The van der Waals surface area contributed by atoms with Gasteiger partial charge in [0.15, 0.2) is 5.75 Å². The first kappa shape index (κ1) is 22.7. The molecular formula is C24H23ClN2O3S. The zero-order valence-corrected chi connectivity index (χ0v) is 18.9. The minimum Gasteiger partial charge on any atom is -0.493 e. The molecule has 0 bridgehead atoms. The Labute approximate surface area is 191 Å². The van der Waals surface area contributed by atoms with Crippen LogP contribution in [0.4, 0.5) is 11.4 Å². The summed E-state index contributed by atoms with van der Waals surface area (Å²) in [6.45, 7) is 2.10. The van der Waals surface area contributed by atoms with Crippen LogP contribution < -0.4 is 10.1 Å². The van der Waals surface area contributed by atoms with E-state index in [1.165, 1.54) is 11.6 Å².